The molecule has 4 aliphatic rings. The Morgan fingerprint density at radius 1 is 0.909 bits per heavy atom. The van der Waals surface area contributed by atoms with Gasteiger partial charge in [-0.2, -0.15) is 0 Å². The van der Waals surface area contributed by atoms with Gasteiger partial charge in [-0.3, -0.25) is 9.59 Å². The summed E-state index contributed by atoms with van der Waals surface area (Å²) in [6.07, 6.45) is -0.562. The molecule has 7 atom stereocenters. The van der Waals surface area contributed by atoms with Crippen molar-refractivity contribution in [3.63, 3.8) is 0 Å². The summed E-state index contributed by atoms with van der Waals surface area (Å²) in [5.74, 6) is -2.13. The molecule has 0 radical (unpaired) electrons. The van der Waals surface area contributed by atoms with Crippen LogP contribution < -0.4 is 11.5 Å². The lowest BCUT2D eigenvalue weighted by atomic mass is 9.96. The molecular weight excluding hydrogens is 468 g/mol. The predicted molar refractivity (Wildman–Crippen MR) is 124 cm³/mol. The number of rotatable bonds is 6. The number of β-lactam (4-membered cyclic amide) rings is 2. The highest BCUT2D eigenvalue weighted by Crippen LogP contribution is 2.52. The van der Waals surface area contributed by atoms with E-state index in [0.29, 0.717) is 6.42 Å². The second-order valence-corrected chi connectivity index (χ2v) is 13.7. The van der Waals surface area contributed by atoms with Crippen molar-refractivity contribution < 1.29 is 28.7 Å². The maximum Gasteiger partial charge on any atom is 0.333 e. The number of ether oxygens (including phenoxy) is 2. The third-order valence-corrected chi connectivity index (χ3v) is 10.2. The van der Waals surface area contributed by atoms with Gasteiger partial charge in [-0.1, -0.05) is 13.8 Å². The molecule has 4 saturated heterocycles. The first kappa shape index (κ1) is 24.6. The fourth-order valence-corrected chi connectivity index (χ4v) is 7.98. The van der Waals surface area contributed by atoms with Gasteiger partial charge in [0.1, 0.15) is 34.9 Å². The van der Waals surface area contributed by atoms with Gasteiger partial charge in [0.25, 0.3) is 0 Å². The fraction of sp³-hybridized carbons (Fsp3) is 0.810. The van der Waals surface area contributed by atoms with Gasteiger partial charge in [-0.05, 0) is 34.1 Å². The summed E-state index contributed by atoms with van der Waals surface area (Å²) in [5, 5.41) is -0.547. The van der Waals surface area contributed by atoms with Gasteiger partial charge in [0.15, 0.2) is 0 Å². The Morgan fingerprint density at radius 3 is 1.61 bits per heavy atom. The molecule has 0 aromatic carbocycles. The van der Waals surface area contributed by atoms with Crippen LogP contribution in [-0.2, 0) is 28.7 Å². The molecule has 0 aliphatic carbocycles. The summed E-state index contributed by atoms with van der Waals surface area (Å²) in [6, 6.07) is -2.93. The third-order valence-electron chi connectivity index (χ3n) is 6.98. The standard InChI is InChI=1S/C21H32N4O6S2/c1-7-8(2)19(30-17(28)11-20(3,4)32-15-9(22)13(26)24(11)15)31-18(29)12-21(5,6)33-16-10(23)14(27)25(12)16/h8-12,15-16,19H,7,22-23H2,1-6H3/t8?,9-,10-,11+,12+,15-,16-/m1/s1. The van der Waals surface area contributed by atoms with Gasteiger partial charge in [0.05, 0.1) is 0 Å². The monoisotopic (exact) mass is 500 g/mol. The second kappa shape index (κ2) is 8.03. The zero-order valence-electron chi connectivity index (χ0n) is 19.6. The highest BCUT2D eigenvalue weighted by Gasteiger charge is 2.65. The molecule has 4 heterocycles. The number of thioether (sulfide) groups is 2. The minimum atomic E-state index is -1.15. The van der Waals surface area contributed by atoms with Crippen LogP contribution in [0, 0.1) is 5.92 Å². The minimum absolute atomic E-state index is 0.274. The maximum absolute atomic E-state index is 13.2. The Labute approximate surface area is 201 Å². The minimum Gasteiger partial charge on any atom is -0.423 e. The summed E-state index contributed by atoms with van der Waals surface area (Å²) in [7, 11) is 0. The molecule has 0 spiro atoms. The first-order valence-corrected chi connectivity index (χ1v) is 12.9. The van der Waals surface area contributed by atoms with Crippen LogP contribution >= 0.6 is 23.5 Å². The van der Waals surface area contributed by atoms with Gasteiger partial charge >= 0.3 is 11.9 Å². The Bertz CT molecular complexity index is 832. The topological polar surface area (TPSA) is 145 Å². The molecule has 10 nitrogen and oxygen atoms in total. The molecule has 4 fully saturated rings. The second-order valence-electron chi connectivity index (χ2n) is 10.2. The van der Waals surface area contributed by atoms with Crippen LogP contribution in [0.15, 0.2) is 0 Å². The lowest BCUT2D eigenvalue weighted by Gasteiger charge is -2.43. The van der Waals surface area contributed by atoms with Crippen LogP contribution in [0.2, 0.25) is 0 Å². The van der Waals surface area contributed by atoms with Crippen molar-refractivity contribution in [3.05, 3.63) is 0 Å². The number of nitrogens with zero attached hydrogens (tertiary/aromatic N) is 2. The molecule has 12 heteroatoms. The first-order valence-electron chi connectivity index (χ1n) is 11.1. The Morgan fingerprint density at radius 2 is 1.27 bits per heavy atom. The van der Waals surface area contributed by atoms with E-state index in [1.54, 1.807) is 0 Å². The molecule has 33 heavy (non-hydrogen) atoms. The Kier molecular flexibility index (Phi) is 5.99. The molecule has 1 unspecified atom stereocenters. The molecule has 4 N–H and O–H groups in total. The van der Waals surface area contributed by atoms with Gasteiger partial charge in [-0.25, -0.2) is 9.59 Å². The highest BCUT2D eigenvalue weighted by atomic mass is 32.2. The normalized spacial score (nSPS) is 36.6. The van der Waals surface area contributed by atoms with Gasteiger partial charge in [0.2, 0.25) is 18.1 Å². The predicted octanol–water partition coefficient (Wildman–Crippen LogP) is 0.224. The van der Waals surface area contributed by atoms with E-state index >= 15 is 0 Å². The lowest BCUT2D eigenvalue weighted by molar-refractivity contribution is -0.207. The molecule has 0 bridgehead atoms. The molecule has 184 valence electrons. The van der Waals surface area contributed by atoms with Crippen molar-refractivity contribution in [2.24, 2.45) is 17.4 Å². The van der Waals surface area contributed by atoms with Crippen LogP contribution in [-0.4, -0.2) is 84.3 Å². The summed E-state index contributed by atoms with van der Waals surface area (Å²) >= 11 is 2.92. The quantitative estimate of drug-likeness (QED) is 0.295. The van der Waals surface area contributed by atoms with Crippen molar-refractivity contribution in [2.75, 3.05) is 0 Å². The maximum atomic E-state index is 13.2. The summed E-state index contributed by atoms with van der Waals surface area (Å²) in [5.41, 5.74) is 11.8. The van der Waals surface area contributed by atoms with E-state index in [2.05, 4.69) is 0 Å². The zero-order valence-corrected chi connectivity index (χ0v) is 21.3. The van der Waals surface area contributed by atoms with Gasteiger partial charge in [-0.15, -0.1) is 23.5 Å². The zero-order chi connectivity index (χ0) is 24.6. The van der Waals surface area contributed by atoms with Crippen LogP contribution in [0.25, 0.3) is 0 Å². The van der Waals surface area contributed by atoms with Crippen LogP contribution in [0.5, 0.6) is 0 Å². The van der Waals surface area contributed by atoms with Crippen molar-refractivity contribution >= 4 is 47.3 Å². The molecule has 0 saturated carbocycles. The van der Waals surface area contributed by atoms with E-state index in [-0.39, 0.29) is 28.5 Å². The SMILES string of the molecule is CCC(C)C(OC(=O)[C@@H]1N2C(=O)[C@@H](N)[C@H]2SC1(C)C)OC(=O)[C@@H]1N2C(=O)[C@@H](N)[C@H]2SC1(C)C. The van der Waals surface area contributed by atoms with Crippen LogP contribution in [0.4, 0.5) is 0 Å². The molecule has 4 rings (SSSR count). The van der Waals surface area contributed by atoms with Crippen molar-refractivity contribution in [1.82, 2.24) is 9.80 Å². The van der Waals surface area contributed by atoms with E-state index in [1.807, 2.05) is 41.5 Å². The van der Waals surface area contributed by atoms with Gasteiger partial charge < -0.3 is 30.7 Å². The number of nitrogens with two attached hydrogens (primary N) is 2. The first-order chi connectivity index (χ1) is 15.2. The highest BCUT2D eigenvalue weighted by molar-refractivity contribution is 8.02. The number of fused-ring (bicyclic) bond motifs is 2. The fourth-order valence-electron chi connectivity index (χ4n) is 4.85. The molecular formula is C21H32N4O6S2. The molecule has 0 aromatic rings. The Balaban J connectivity index is 1.50. The number of hydrogen-bond donors (Lipinski definition) is 2. The average molecular weight is 501 g/mol. The summed E-state index contributed by atoms with van der Waals surface area (Å²) in [4.78, 5) is 54.1. The summed E-state index contributed by atoms with van der Waals surface area (Å²) in [6.45, 7) is 11.2. The Hall–Kier alpha value is -1.50. The number of carbonyl (C=O) groups is 4. The number of amides is 2. The van der Waals surface area contributed by atoms with E-state index in [9.17, 15) is 19.2 Å². The van der Waals surface area contributed by atoms with Crippen LogP contribution in [0.1, 0.15) is 48.0 Å². The van der Waals surface area contributed by atoms with Crippen molar-refractivity contribution in [3.8, 4) is 0 Å². The molecule has 0 aromatic heterocycles. The van der Waals surface area contributed by atoms with E-state index < -0.39 is 51.9 Å². The molecule has 4 aliphatic heterocycles. The smallest absolute Gasteiger partial charge is 0.333 e. The van der Waals surface area contributed by atoms with Gasteiger partial charge in [0, 0.05) is 15.4 Å². The van der Waals surface area contributed by atoms with E-state index in [4.69, 9.17) is 20.9 Å². The van der Waals surface area contributed by atoms with Crippen molar-refractivity contribution in [2.45, 2.75) is 98.7 Å². The lowest BCUT2D eigenvalue weighted by Crippen LogP contribution is -2.69. The summed E-state index contributed by atoms with van der Waals surface area (Å²) < 4.78 is 10.2. The van der Waals surface area contributed by atoms with Crippen LogP contribution in [0.3, 0.4) is 0 Å². The average Bonchev–Trinajstić information content (AvgIpc) is 3.17. The number of carbonyl (C=O) groups excluding carboxylic acids is 4. The number of esters is 2. The third kappa shape index (κ3) is 3.64. The molecule has 2 amide bonds. The number of hydrogen-bond acceptors (Lipinski definition) is 10. The largest absolute Gasteiger partial charge is 0.423 e. The van der Waals surface area contributed by atoms with E-state index in [1.165, 1.54) is 33.3 Å². The van der Waals surface area contributed by atoms with Crippen molar-refractivity contribution in [1.29, 1.82) is 0 Å². The van der Waals surface area contributed by atoms with E-state index in [0.717, 1.165) is 0 Å².